The molecule has 0 aromatic carbocycles. The van der Waals surface area contributed by atoms with Crippen LogP contribution in [-0.4, -0.2) is 11.6 Å². The summed E-state index contributed by atoms with van der Waals surface area (Å²) >= 11 is 1.73. The standard InChI is InChI=1S/C14H26N2OS/c1-5-9-11-12(10-15)18-13(16-11)14(6-2,7-3)17-8-4/h5-10,15H2,1-4H3. The number of ether oxygens (including phenoxy) is 1. The number of nitrogens with two attached hydrogens (primary N) is 1. The molecule has 0 amide bonds. The third-order valence-electron chi connectivity index (χ3n) is 3.40. The summed E-state index contributed by atoms with van der Waals surface area (Å²) in [5.41, 5.74) is 6.78. The van der Waals surface area contributed by atoms with Crippen LogP contribution in [0.5, 0.6) is 0 Å². The molecule has 0 aliphatic heterocycles. The van der Waals surface area contributed by atoms with Crippen LogP contribution in [0.15, 0.2) is 0 Å². The van der Waals surface area contributed by atoms with Crippen molar-refractivity contribution < 1.29 is 4.74 Å². The Morgan fingerprint density at radius 2 is 1.89 bits per heavy atom. The van der Waals surface area contributed by atoms with Crippen molar-refractivity contribution in [3.05, 3.63) is 15.6 Å². The summed E-state index contributed by atoms with van der Waals surface area (Å²) in [6, 6.07) is 0. The van der Waals surface area contributed by atoms with Crippen LogP contribution in [0, 0.1) is 0 Å². The van der Waals surface area contributed by atoms with E-state index >= 15 is 0 Å². The maximum absolute atomic E-state index is 6.01. The lowest BCUT2D eigenvalue weighted by atomic mass is 9.98. The molecule has 0 radical (unpaired) electrons. The molecule has 1 rings (SSSR count). The Morgan fingerprint density at radius 1 is 1.22 bits per heavy atom. The van der Waals surface area contributed by atoms with Gasteiger partial charge in [-0.15, -0.1) is 11.3 Å². The first-order valence-corrected chi connectivity index (χ1v) is 7.82. The second-order valence-electron chi connectivity index (χ2n) is 4.48. The van der Waals surface area contributed by atoms with Gasteiger partial charge in [-0.2, -0.15) is 0 Å². The van der Waals surface area contributed by atoms with Crippen LogP contribution in [0.2, 0.25) is 0 Å². The van der Waals surface area contributed by atoms with E-state index in [0.29, 0.717) is 6.54 Å². The quantitative estimate of drug-likeness (QED) is 0.785. The predicted octanol–water partition coefficient (Wildman–Crippen LogP) is 3.61. The molecule has 1 heterocycles. The van der Waals surface area contributed by atoms with Gasteiger partial charge < -0.3 is 10.5 Å². The zero-order valence-electron chi connectivity index (χ0n) is 12.1. The summed E-state index contributed by atoms with van der Waals surface area (Å²) in [4.78, 5) is 6.04. The summed E-state index contributed by atoms with van der Waals surface area (Å²) in [7, 11) is 0. The number of hydrogen-bond donors (Lipinski definition) is 1. The number of aryl methyl sites for hydroxylation is 1. The highest BCUT2D eigenvalue weighted by Gasteiger charge is 2.33. The summed E-state index contributed by atoms with van der Waals surface area (Å²) in [5.74, 6) is 0. The van der Waals surface area contributed by atoms with Gasteiger partial charge in [0.25, 0.3) is 0 Å². The average molecular weight is 270 g/mol. The Morgan fingerprint density at radius 3 is 2.33 bits per heavy atom. The molecule has 0 unspecified atom stereocenters. The Labute approximate surface area is 115 Å². The zero-order valence-corrected chi connectivity index (χ0v) is 12.9. The largest absolute Gasteiger partial charge is 0.368 e. The highest BCUT2D eigenvalue weighted by atomic mass is 32.1. The van der Waals surface area contributed by atoms with E-state index in [1.54, 1.807) is 11.3 Å². The monoisotopic (exact) mass is 270 g/mol. The van der Waals surface area contributed by atoms with Gasteiger partial charge in [-0.3, -0.25) is 0 Å². The summed E-state index contributed by atoms with van der Waals surface area (Å²) in [6.45, 7) is 9.87. The third-order valence-corrected chi connectivity index (χ3v) is 4.71. The Balaban J connectivity index is 3.12. The second-order valence-corrected chi connectivity index (χ2v) is 5.56. The fraction of sp³-hybridized carbons (Fsp3) is 0.786. The van der Waals surface area contributed by atoms with Gasteiger partial charge in [0.2, 0.25) is 0 Å². The van der Waals surface area contributed by atoms with Crippen LogP contribution in [0.25, 0.3) is 0 Å². The number of hydrogen-bond acceptors (Lipinski definition) is 4. The maximum Gasteiger partial charge on any atom is 0.125 e. The molecular formula is C14H26N2OS. The molecule has 3 nitrogen and oxygen atoms in total. The van der Waals surface area contributed by atoms with Gasteiger partial charge in [-0.05, 0) is 26.2 Å². The highest BCUT2D eigenvalue weighted by molar-refractivity contribution is 7.11. The molecule has 0 saturated carbocycles. The van der Waals surface area contributed by atoms with Crippen LogP contribution in [0.1, 0.15) is 62.5 Å². The molecule has 18 heavy (non-hydrogen) atoms. The Bertz CT molecular complexity index is 359. The fourth-order valence-electron chi connectivity index (χ4n) is 2.26. The van der Waals surface area contributed by atoms with Gasteiger partial charge >= 0.3 is 0 Å². The lowest BCUT2D eigenvalue weighted by molar-refractivity contribution is -0.0507. The number of aromatic nitrogens is 1. The van der Waals surface area contributed by atoms with Crippen LogP contribution in [0.4, 0.5) is 0 Å². The first-order valence-electron chi connectivity index (χ1n) is 7.00. The Kier molecular flexibility index (Phi) is 6.26. The van der Waals surface area contributed by atoms with Crippen molar-refractivity contribution in [3.63, 3.8) is 0 Å². The summed E-state index contributed by atoms with van der Waals surface area (Å²) in [5, 5.41) is 1.11. The van der Waals surface area contributed by atoms with Crippen molar-refractivity contribution >= 4 is 11.3 Å². The first kappa shape index (κ1) is 15.6. The second kappa shape index (κ2) is 7.22. The molecule has 0 bridgehead atoms. The minimum atomic E-state index is -0.213. The molecule has 104 valence electrons. The van der Waals surface area contributed by atoms with Crippen molar-refractivity contribution in [2.75, 3.05) is 6.61 Å². The van der Waals surface area contributed by atoms with Gasteiger partial charge in [-0.1, -0.05) is 27.2 Å². The van der Waals surface area contributed by atoms with Crippen molar-refractivity contribution in [1.29, 1.82) is 0 Å². The maximum atomic E-state index is 6.01. The van der Waals surface area contributed by atoms with Crippen molar-refractivity contribution in [2.45, 2.75) is 65.5 Å². The Hall–Kier alpha value is -0.450. The minimum Gasteiger partial charge on any atom is -0.368 e. The predicted molar refractivity (Wildman–Crippen MR) is 77.9 cm³/mol. The molecule has 4 heteroatoms. The van der Waals surface area contributed by atoms with Crippen molar-refractivity contribution in [2.24, 2.45) is 5.73 Å². The summed E-state index contributed by atoms with van der Waals surface area (Å²) in [6.07, 6.45) is 4.04. The molecule has 0 saturated heterocycles. The van der Waals surface area contributed by atoms with Crippen molar-refractivity contribution in [1.82, 2.24) is 4.98 Å². The third kappa shape index (κ3) is 3.11. The van der Waals surface area contributed by atoms with Gasteiger partial charge in [0.05, 0.1) is 5.69 Å². The summed E-state index contributed by atoms with van der Waals surface area (Å²) < 4.78 is 6.01. The fourth-order valence-corrected chi connectivity index (χ4v) is 3.54. The number of thiazole rings is 1. The van der Waals surface area contributed by atoms with Crippen molar-refractivity contribution in [3.8, 4) is 0 Å². The first-order chi connectivity index (χ1) is 8.67. The highest BCUT2D eigenvalue weighted by Crippen LogP contribution is 2.37. The van der Waals surface area contributed by atoms with E-state index in [4.69, 9.17) is 15.5 Å². The lowest BCUT2D eigenvalue weighted by Gasteiger charge is -2.29. The molecule has 0 aliphatic rings. The minimum absolute atomic E-state index is 0.213. The van der Waals surface area contributed by atoms with Gasteiger partial charge in [0.1, 0.15) is 10.6 Å². The molecular weight excluding hydrogens is 244 g/mol. The average Bonchev–Trinajstić information content (AvgIpc) is 2.80. The number of nitrogens with zero attached hydrogens (tertiary/aromatic N) is 1. The molecule has 1 aromatic heterocycles. The molecule has 1 aromatic rings. The normalized spacial score (nSPS) is 12.1. The van der Waals surface area contributed by atoms with Crippen LogP contribution >= 0.6 is 11.3 Å². The van der Waals surface area contributed by atoms with Crippen LogP contribution < -0.4 is 5.73 Å². The van der Waals surface area contributed by atoms with E-state index in [1.165, 1.54) is 10.6 Å². The SMILES string of the molecule is CCCc1nc(C(CC)(CC)OCC)sc1CN. The van der Waals surface area contributed by atoms with Gasteiger partial charge in [0, 0.05) is 18.0 Å². The van der Waals surface area contributed by atoms with E-state index < -0.39 is 0 Å². The number of rotatable bonds is 8. The van der Waals surface area contributed by atoms with E-state index in [9.17, 15) is 0 Å². The van der Waals surface area contributed by atoms with Gasteiger partial charge in [-0.25, -0.2) is 4.98 Å². The van der Waals surface area contributed by atoms with Gasteiger partial charge in [0.15, 0.2) is 0 Å². The van der Waals surface area contributed by atoms with E-state index in [1.807, 2.05) is 6.92 Å². The molecule has 0 aliphatic carbocycles. The topological polar surface area (TPSA) is 48.1 Å². The zero-order chi connectivity index (χ0) is 13.6. The van der Waals surface area contributed by atoms with E-state index in [2.05, 4.69) is 20.8 Å². The van der Waals surface area contributed by atoms with E-state index in [-0.39, 0.29) is 5.60 Å². The van der Waals surface area contributed by atoms with Crippen LogP contribution in [-0.2, 0) is 23.3 Å². The van der Waals surface area contributed by atoms with E-state index in [0.717, 1.165) is 37.3 Å². The van der Waals surface area contributed by atoms with Crippen LogP contribution in [0.3, 0.4) is 0 Å². The molecule has 2 N–H and O–H groups in total. The lowest BCUT2D eigenvalue weighted by Crippen LogP contribution is -2.28. The molecule has 0 atom stereocenters. The molecule has 0 spiro atoms. The smallest absolute Gasteiger partial charge is 0.125 e. The molecule has 0 fully saturated rings.